The van der Waals surface area contributed by atoms with Crippen molar-refractivity contribution in [2.75, 3.05) is 0 Å². The molecule has 146 valence electrons. The highest BCUT2D eigenvalue weighted by Crippen LogP contribution is 2.36. The van der Waals surface area contributed by atoms with E-state index < -0.39 is 5.97 Å². The molecule has 0 bridgehead atoms. The first-order valence-electron chi connectivity index (χ1n) is 9.50. The number of amides is 1. The van der Waals surface area contributed by atoms with E-state index in [0.717, 1.165) is 27.9 Å². The fourth-order valence-electron chi connectivity index (χ4n) is 3.58. The highest BCUT2D eigenvalue weighted by molar-refractivity contribution is 6.03. The van der Waals surface area contributed by atoms with Gasteiger partial charge < -0.3 is 5.11 Å². The van der Waals surface area contributed by atoms with Crippen LogP contribution in [0.4, 0.5) is 0 Å². The van der Waals surface area contributed by atoms with Crippen LogP contribution < -0.4 is 0 Å². The summed E-state index contributed by atoms with van der Waals surface area (Å²) in [5.74, 6) is -1.10. The van der Waals surface area contributed by atoms with Gasteiger partial charge in [-0.25, -0.2) is 5.01 Å². The fraction of sp³-hybridized carbons (Fsp3) is 0.227. The summed E-state index contributed by atoms with van der Waals surface area (Å²) in [6.45, 7) is 0. The molecule has 1 amide bonds. The van der Waals surface area contributed by atoms with E-state index in [-0.39, 0.29) is 31.2 Å². The number of hydrogen-bond donors (Lipinski definition) is 1. The standard InChI is InChI=1S/C22H20N4O3/c27-20(10-5-11-21(28)29)26-19(14-18(25-26)15-6-2-1-3-7-15)16-8-4-9-17-22(16)24-13-12-23-17/h1-4,6-9,12-13,19H,5,10-11,14H2,(H,28,29)/t19-/m0/s1. The van der Waals surface area contributed by atoms with Crippen molar-refractivity contribution in [1.82, 2.24) is 15.0 Å². The fourth-order valence-corrected chi connectivity index (χ4v) is 3.58. The molecular formula is C22H20N4O3. The molecule has 0 aliphatic carbocycles. The Morgan fingerprint density at radius 1 is 1.00 bits per heavy atom. The lowest BCUT2D eigenvalue weighted by atomic mass is 9.97. The molecule has 0 fully saturated rings. The van der Waals surface area contributed by atoms with E-state index in [1.54, 1.807) is 12.4 Å². The Bertz CT molecular complexity index is 1080. The zero-order chi connectivity index (χ0) is 20.2. The number of aromatic nitrogens is 2. The largest absolute Gasteiger partial charge is 0.481 e. The van der Waals surface area contributed by atoms with Gasteiger partial charge in [-0.05, 0) is 18.1 Å². The molecule has 3 aromatic rings. The number of para-hydroxylation sites is 1. The van der Waals surface area contributed by atoms with Crippen LogP contribution >= 0.6 is 0 Å². The first-order valence-corrected chi connectivity index (χ1v) is 9.50. The van der Waals surface area contributed by atoms with Gasteiger partial charge in [-0.15, -0.1) is 0 Å². The molecule has 7 nitrogen and oxygen atoms in total. The molecule has 0 saturated carbocycles. The number of carbonyl (C=O) groups excluding carboxylic acids is 1. The summed E-state index contributed by atoms with van der Waals surface area (Å²) in [4.78, 5) is 32.6. The maximum Gasteiger partial charge on any atom is 0.303 e. The molecule has 2 aromatic carbocycles. The van der Waals surface area contributed by atoms with E-state index in [1.165, 1.54) is 5.01 Å². The van der Waals surface area contributed by atoms with E-state index in [0.29, 0.717) is 6.42 Å². The number of carbonyl (C=O) groups is 2. The van der Waals surface area contributed by atoms with Gasteiger partial charge in [0.15, 0.2) is 0 Å². The van der Waals surface area contributed by atoms with Crippen molar-refractivity contribution in [2.24, 2.45) is 5.10 Å². The number of carboxylic acids is 1. The summed E-state index contributed by atoms with van der Waals surface area (Å²) in [5.41, 5.74) is 4.17. The molecule has 1 atom stereocenters. The van der Waals surface area contributed by atoms with Crippen molar-refractivity contribution in [3.05, 3.63) is 72.1 Å². The number of carboxylic acid groups (broad SMARTS) is 1. The van der Waals surface area contributed by atoms with Crippen molar-refractivity contribution in [1.29, 1.82) is 0 Å². The van der Waals surface area contributed by atoms with Gasteiger partial charge in [0.1, 0.15) is 0 Å². The average Bonchev–Trinajstić information content (AvgIpc) is 3.19. The molecule has 1 aromatic heterocycles. The van der Waals surface area contributed by atoms with Gasteiger partial charge in [-0.3, -0.25) is 19.6 Å². The predicted molar refractivity (Wildman–Crippen MR) is 108 cm³/mol. The number of hydrazone groups is 1. The summed E-state index contributed by atoms with van der Waals surface area (Å²) in [5, 5.41) is 15.0. The molecule has 1 aliphatic rings. The number of fused-ring (bicyclic) bond motifs is 1. The summed E-state index contributed by atoms with van der Waals surface area (Å²) < 4.78 is 0. The van der Waals surface area contributed by atoms with Crippen molar-refractivity contribution in [3.8, 4) is 0 Å². The minimum Gasteiger partial charge on any atom is -0.481 e. The van der Waals surface area contributed by atoms with E-state index >= 15 is 0 Å². The molecule has 0 spiro atoms. The number of hydrogen-bond acceptors (Lipinski definition) is 5. The van der Waals surface area contributed by atoms with Crippen molar-refractivity contribution < 1.29 is 14.7 Å². The highest BCUT2D eigenvalue weighted by Gasteiger charge is 2.34. The highest BCUT2D eigenvalue weighted by atomic mass is 16.4. The minimum atomic E-state index is -0.909. The molecule has 7 heteroatoms. The molecule has 1 aliphatic heterocycles. The minimum absolute atomic E-state index is 0.0424. The van der Waals surface area contributed by atoms with E-state index in [9.17, 15) is 9.59 Å². The van der Waals surface area contributed by atoms with Gasteiger partial charge in [-0.2, -0.15) is 5.10 Å². The Hall–Kier alpha value is -3.61. The van der Waals surface area contributed by atoms with Crippen LogP contribution in [-0.2, 0) is 9.59 Å². The van der Waals surface area contributed by atoms with Crippen LogP contribution in [0.2, 0.25) is 0 Å². The van der Waals surface area contributed by atoms with Crippen LogP contribution in [0.5, 0.6) is 0 Å². The normalized spacial score (nSPS) is 16.1. The Balaban J connectivity index is 1.69. The van der Waals surface area contributed by atoms with Crippen LogP contribution in [0, 0.1) is 0 Å². The Kier molecular flexibility index (Phi) is 5.29. The third-order valence-electron chi connectivity index (χ3n) is 4.94. The van der Waals surface area contributed by atoms with Crippen LogP contribution in [-0.4, -0.2) is 37.7 Å². The molecule has 0 unspecified atom stereocenters. The molecule has 0 radical (unpaired) electrons. The van der Waals surface area contributed by atoms with Gasteiger partial charge >= 0.3 is 5.97 Å². The van der Waals surface area contributed by atoms with Crippen molar-refractivity contribution in [2.45, 2.75) is 31.7 Å². The SMILES string of the molecule is O=C(O)CCCC(=O)N1N=C(c2ccccc2)C[C@H]1c1cccc2nccnc12. The first kappa shape index (κ1) is 18.7. The lowest BCUT2D eigenvalue weighted by Gasteiger charge is -2.22. The zero-order valence-corrected chi connectivity index (χ0v) is 15.7. The summed E-state index contributed by atoms with van der Waals surface area (Å²) in [6, 6.07) is 15.2. The lowest BCUT2D eigenvalue weighted by molar-refractivity contribution is -0.137. The Morgan fingerprint density at radius 2 is 1.79 bits per heavy atom. The van der Waals surface area contributed by atoms with Gasteiger partial charge in [-0.1, -0.05) is 42.5 Å². The van der Waals surface area contributed by atoms with E-state index in [2.05, 4.69) is 15.1 Å². The average molecular weight is 388 g/mol. The second-order valence-corrected chi connectivity index (χ2v) is 6.89. The summed E-state index contributed by atoms with van der Waals surface area (Å²) >= 11 is 0. The van der Waals surface area contributed by atoms with Crippen molar-refractivity contribution >= 4 is 28.6 Å². The zero-order valence-electron chi connectivity index (χ0n) is 15.7. The molecule has 1 N–H and O–H groups in total. The molecule has 0 saturated heterocycles. The van der Waals surface area contributed by atoms with Crippen LogP contribution in [0.1, 0.15) is 42.9 Å². The second-order valence-electron chi connectivity index (χ2n) is 6.89. The predicted octanol–water partition coefficient (Wildman–Crippen LogP) is 3.56. The van der Waals surface area contributed by atoms with Gasteiger partial charge in [0.25, 0.3) is 0 Å². The lowest BCUT2D eigenvalue weighted by Crippen LogP contribution is -2.27. The Labute approximate surface area is 167 Å². The third-order valence-corrected chi connectivity index (χ3v) is 4.94. The van der Waals surface area contributed by atoms with Gasteiger partial charge in [0.05, 0.1) is 22.8 Å². The molecule has 2 heterocycles. The van der Waals surface area contributed by atoms with Crippen molar-refractivity contribution in [3.63, 3.8) is 0 Å². The van der Waals surface area contributed by atoms with E-state index in [4.69, 9.17) is 5.11 Å². The van der Waals surface area contributed by atoms with Crippen LogP contribution in [0.25, 0.3) is 11.0 Å². The monoisotopic (exact) mass is 388 g/mol. The first-order chi connectivity index (χ1) is 14.1. The van der Waals surface area contributed by atoms with Crippen LogP contribution in [0.3, 0.4) is 0 Å². The molecule has 29 heavy (non-hydrogen) atoms. The number of nitrogens with zero attached hydrogens (tertiary/aromatic N) is 4. The molecule has 4 rings (SSSR count). The maximum absolute atomic E-state index is 12.9. The third kappa shape index (κ3) is 3.99. The number of aliphatic carboxylic acids is 1. The number of rotatable bonds is 6. The van der Waals surface area contributed by atoms with Gasteiger partial charge in [0, 0.05) is 37.2 Å². The maximum atomic E-state index is 12.9. The smallest absolute Gasteiger partial charge is 0.303 e. The number of benzene rings is 2. The summed E-state index contributed by atoms with van der Waals surface area (Å²) in [7, 11) is 0. The topological polar surface area (TPSA) is 95.8 Å². The van der Waals surface area contributed by atoms with Gasteiger partial charge in [0.2, 0.25) is 5.91 Å². The summed E-state index contributed by atoms with van der Waals surface area (Å²) in [6.07, 6.45) is 4.21. The molecular weight excluding hydrogens is 368 g/mol. The quantitative estimate of drug-likeness (QED) is 0.696. The van der Waals surface area contributed by atoms with E-state index in [1.807, 2.05) is 48.5 Å². The van der Waals surface area contributed by atoms with Crippen LogP contribution in [0.15, 0.2) is 66.0 Å². The second kappa shape index (κ2) is 8.18. The Morgan fingerprint density at radius 3 is 2.59 bits per heavy atom.